The van der Waals surface area contributed by atoms with Crippen LogP contribution in [0.2, 0.25) is 0 Å². The summed E-state index contributed by atoms with van der Waals surface area (Å²) in [6, 6.07) is 0. The zero-order valence-corrected chi connectivity index (χ0v) is 6.84. The van der Waals surface area contributed by atoms with Crippen molar-refractivity contribution < 1.29 is 9.90 Å². The molecular weight excluding hydrogens is 140 g/mol. The molecule has 2 aliphatic rings. The Morgan fingerprint density at radius 1 is 1.64 bits per heavy atom. The first-order valence-electron chi connectivity index (χ1n) is 4.33. The van der Waals surface area contributed by atoms with Crippen molar-refractivity contribution in [3.05, 3.63) is 0 Å². The topological polar surface area (TPSA) is 37.3 Å². The summed E-state index contributed by atoms with van der Waals surface area (Å²) in [7, 11) is 0. The minimum Gasteiger partial charge on any atom is -0.390 e. The van der Waals surface area contributed by atoms with Gasteiger partial charge in [0.2, 0.25) is 0 Å². The molecule has 11 heavy (non-hydrogen) atoms. The quantitative estimate of drug-likeness (QED) is 0.605. The molecule has 2 nitrogen and oxygen atoms in total. The zero-order valence-electron chi connectivity index (χ0n) is 6.84. The van der Waals surface area contributed by atoms with Crippen LogP contribution in [-0.2, 0) is 4.79 Å². The maximum absolute atomic E-state index is 10.7. The average molecular weight is 154 g/mol. The van der Waals surface area contributed by atoms with Crippen molar-refractivity contribution in [2.75, 3.05) is 0 Å². The Balaban J connectivity index is 2.12. The fourth-order valence-corrected chi connectivity index (χ4v) is 2.49. The number of aldehydes is 1. The van der Waals surface area contributed by atoms with E-state index in [4.69, 9.17) is 0 Å². The summed E-state index contributed by atoms with van der Waals surface area (Å²) in [4.78, 5) is 10.7. The van der Waals surface area contributed by atoms with E-state index in [9.17, 15) is 9.90 Å². The van der Waals surface area contributed by atoms with Gasteiger partial charge >= 0.3 is 0 Å². The van der Waals surface area contributed by atoms with Crippen LogP contribution in [0.25, 0.3) is 0 Å². The normalized spacial score (nSPS) is 53.8. The molecule has 0 aliphatic heterocycles. The summed E-state index contributed by atoms with van der Waals surface area (Å²) in [5, 5.41) is 9.84. The predicted molar refractivity (Wildman–Crippen MR) is 41.1 cm³/mol. The highest BCUT2D eigenvalue weighted by molar-refractivity contribution is 5.66. The Hall–Kier alpha value is -0.370. The van der Waals surface area contributed by atoms with Crippen molar-refractivity contribution in [3.8, 4) is 0 Å². The Morgan fingerprint density at radius 3 is 2.73 bits per heavy atom. The third kappa shape index (κ3) is 0.853. The first kappa shape index (κ1) is 7.29. The minimum atomic E-state index is -0.510. The maximum Gasteiger partial charge on any atom is 0.126 e. The van der Waals surface area contributed by atoms with Gasteiger partial charge in [-0.1, -0.05) is 6.92 Å². The molecule has 2 rings (SSSR count). The summed E-state index contributed by atoms with van der Waals surface area (Å²) < 4.78 is 0. The van der Waals surface area contributed by atoms with Crippen molar-refractivity contribution >= 4 is 6.29 Å². The van der Waals surface area contributed by atoms with Crippen molar-refractivity contribution in [3.63, 3.8) is 0 Å². The van der Waals surface area contributed by atoms with Crippen LogP contribution in [0.15, 0.2) is 0 Å². The van der Waals surface area contributed by atoms with Crippen molar-refractivity contribution in [2.24, 2.45) is 11.3 Å². The molecule has 0 unspecified atom stereocenters. The van der Waals surface area contributed by atoms with Crippen LogP contribution >= 0.6 is 0 Å². The van der Waals surface area contributed by atoms with E-state index in [2.05, 4.69) is 0 Å². The highest BCUT2D eigenvalue weighted by atomic mass is 16.3. The van der Waals surface area contributed by atoms with Gasteiger partial charge in [0.15, 0.2) is 0 Å². The molecule has 2 heteroatoms. The molecule has 2 aliphatic carbocycles. The molecule has 62 valence electrons. The molecule has 0 radical (unpaired) electrons. The highest BCUT2D eigenvalue weighted by Gasteiger charge is 2.64. The number of fused-ring (bicyclic) bond motifs is 1. The second-order valence-corrected chi connectivity index (χ2v) is 4.21. The van der Waals surface area contributed by atoms with Gasteiger partial charge < -0.3 is 9.90 Å². The van der Waals surface area contributed by atoms with Gasteiger partial charge in [-0.25, -0.2) is 0 Å². The largest absolute Gasteiger partial charge is 0.390 e. The van der Waals surface area contributed by atoms with Crippen LogP contribution in [-0.4, -0.2) is 17.0 Å². The third-order valence-electron chi connectivity index (χ3n) is 3.46. The fourth-order valence-electron chi connectivity index (χ4n) is 2.49. The van der Waals surface area contributed by atoms with Gasteiger partial charge in [-0.15, -0.1) is 0 Å². The number of hydrogen-bond acceptors (Lipinski definition) is 2. The number of hydrogen-bond donors (Lipinski definition) is 1. The van der Waals surface area contributed by atoms with Crippen LogP contribution in [0.3, 0.4) is 0 Å². The van der Waals surface area contributed by atoms with E-state index in [-0.39, 0.29) is 5.41 Å². The van der Waals surface area contributed by atoms with Gasteiger partial charge in [0.25, 0.3) is 0 Å². The molecule has 0 aromatic carbocycles. The minimum absolute atomic E-state index is 0.0925. The molecule has 0 heterocycles. The van der Waals surface area contributed by atoms with Gasteiger partial charge in [0, 0.05) is 5.41 Å². The first-order chi connectivity index (χ1) is 5.14. The molecule has 0 amide bonds. The van der Waals surface area contributed by atoms with Crippen molar-refractivity contribution in [1.82, 2.24) is 0 Å². The molecule has 3 atom stereocenters. The Bertz CT molecular complexity index is 202. The lowest BCUT2D eigenvalue weighted by molar-refractivity contribution is -0.113. The second kappa shape index (κ2) is 1.86. The second-order valence-electron chi connectivity index (χ2n) is 4.21. The third-order valence-corrected chi connectivity index (χ3v) is 3.46. The summed E-state index contributed by atoms with van der Waals surface area (Å²) in [6.07, 6.45) is 4.44. The van der Waals surface area contributed by atoms with Gasteiger partial charge in [-0.2, -0.15) is 0 Å². The molecule has 2 fully saturated rings. The van der Waals surface area contributed by atoms with E-state index in [0.29, 0.717) is 12.3 Å². The Morgan fingerprint density at radius 2 is 2.36 bits per heavy atom. The molecule has 0 aromatic rings. The Kier molecular flexibility index (Phi) is 1.23. The van der Waals surface area contributed by atoms with E-state index in [1.165, 1.54) is 0 Å². The lowest BCUT2D eigenvalue weighted by atomic mass is 9.91. The summed E-state index contributed by atoms with van der Waals surface area (Å²) in [6.45, 7) is 1.99. The molecule has 0 spiro atoms. The van der Waals surface area contributed by atoms with E-state index < -0.39 is 5.60 Å². The monoisotopic (exact) mass is 154 g/mol. The highest BCUT2D eigenvalue weighted by Crippen LogP contribution is 2.65. The summed E-state index contributed by atoms with van der Waals surface area (Å²) in [5.74, 6) is 0.505. The van der Waals surface area contributed by atoms with Crippen LogP contribution in [0.4, 0.5) is 0 Å². The number of rotatable bonds is 2. The van der Waals surface area contributed by atoms with Crippen LogP contribution in [0, 0.1) is 11.3 Å². The van der Waals surface area contributed by atoms with E-state index in [1.54, 1.807) is 0 Å². The molecular formula is C9H14O2. The first-order valence-corrected chi connectivity index (χ1v) is 4.33. The van der Waals surface area contributed by atoms with Crippen molar-refractivity contribution in [1.29, 1.82) is 0 Å². The zero-order chi connectivity index (χ0) is 8.11. The molecule has 0 bridgehead atoms. The SMILES string of the molecule is CC[C@@]1(O)C[C@@H]2C[C@]2(C=O)C1. The summed E-state index contributed by atoms with van der Waals surface area (Å²) in [5.41, 5.74) is -0.603. The van der Waals surface area contributed by atoms with Crippen LogP contribution in [0.1, 0.15) is 32.6 Å². The van der Waals surface area contributed by atoms with Crippen LogP contribution in [0.5, 0.6) is 0 Å². The predicted octanol–water partition coefficient (Wildman–Crippen LogP) is 1.13. The van der Waals surface area contributed by atoms with Gasteiger partial charge in [0.1, 0.15) is 6.29 Å². The molecule has 0 aromatic heterocycles. The smallest absolute Gasteiger partial charge is 0.126 e. The van der Waals surface area contributed by atoms with Gasteiger partial charge in [-0.3, -0.25) is 0 Å². The maximum atomic E-state index is 10.7. The molecule has 0 saturated heterocycles. The van der Waals surface area contributed by atoms with Crippen molar-refractivity contribution in [2.45, 2.75) is 38.2 Å². The number of carbonyl (C=O) groups is 1. The van der Waals surface area contributed by atoms with Gasteiger partial charge in [-0.05, 0) is 31.6 Å². The lowest BCUT2D eigenvalue weighted by Gasteiger charge is -2.22. The number of carbonyl (C=O) groups excluding carboxylic acids is 1. The average Bonchev–Trinajstić information content (AvgIpc) is 2.57. The lowest BCUT2D eigenvalue weighted by Crippen LogP contribution is -2.26. The summed E-state index contributed by atoms with van der Waals surface area (Å²) >= 11 is 0. The van der Waals surface area contributed by atoms with E-state index in [0.717, 1.165) is 25.5 Å². The Labute approximate surface area is 66.6 Å². The standard InChI is InChI=1S/C9H14O2/c1-2-9(11)4-7-3-8(7,5-9)6-10/h6-7,11H,2-5H2,1H3/t7-,8+,9+/m0/s1. The molecule has 2 saturated carbocycles. The van der Waals surface area contributed by atoms with E-state index >= 15 is 0 Å². The van der Waals surface area contributed by atoms with Gasteiger partial charge in [0.05, 0.1) is 5.60 Å². The number of aliphatic hydroxyl groups is 1. The fraction of sp³-hybridized carbons (Fsp3) is 0.889. The van der Waals surface area contributed by atoms with Crippen LogP contribution < -0.4 is 0 Å². The molecule has 1 N–H and O–H groups in total. The van der Waals surface area contributed by atoms with E-state index in [1.807, 2.05) is 6.92 Å².